The van der Waals surface area contributed by atoms with Gasteiger partial charge in [0, 0.05) is 40.3 Å². The van der Waals surface area contributed by atoms with E-state index in [4.69, 9.17) is 17.3 Å². The number of hydrogen-bond donors (Lipinski definition) is 4. The summed E-state index contributed by atoms with van der Waals surface area (Å²) in [5.74, 6) is -0.636. The van der Waals surface area contributed by atoms with Crippen molar-refractivity contribution in [2.75, 3.05) is 22.9 Å². The highest BCUT2D eigenvalue weighted by molar-refractivity contribution is 9.10. The lowest BCUT2D eigenvalue weighted by atomic mass is 10.1. The minimum atomic E-state index is -3.81. The van der Waals surface area contributed by atoms with E-state index >= 15 is 0 Å². The number of anilines is 3. The zero-order chi connectivity index (χ0) is 21.2. The largest absolute Gasteiger partial charge is 0.487 e. The molecule has 0 saturated carbocycles. The van der Waals surface area contributed by atoms with Gasteiger partial charge in [0.25, 0.3) is 5.91 Å². The highest BCUT2D eigenvalue weighted by Gasteiger charge is 2.27. The molecule has 3 rings (SSSR count). The predicted molar refractivity (Wildman–Crippen MR) is 109 cm³/mol. The van der Waals surface area contributed by atoms with Crippen LogP contribution in [-0.2, 0) is 4.79 Å². The zero-order valence-corrected chi connectivity index (χ0v) is 17.1. The monoisotopic (exact) mass is 488 g/mol. The van der Waals surface area contributed by atoms with Crippen LogP contribution in [0, 0.1) is 0 Å². The lowest BCUT2D eigenvalue weighted by Gasteiger charge is -2.17. The number of amides is 2. The molecule has 154 valence electrons. The molecule has 2 aromatic rings. The normalized spacial score (nSPS) is 16.3. The van der Waals surface area contributed by atoms with E-state index in [-0.39, 0.29) is 23.3 Å². The first-order valence-electron chi connectivity index (χ1n) is 8.40. The highest BCUT2D eigenvalue weighted by Crippen LogP contribution is 2.32. The molecule has 1 aliphatic heterocycles. The number of nitrogen functional groups attached to an aromatic ring is 1. The van der Waals surface area contributed by atoms with E-state index in [1.165, 1.54) is 30.3 Å². The van der Waals surface area contributed by atoms with Crippen molar-refractivity contribution in [1.82, 2.24) is 5.32 Å². The van der Waals surface area contributed by atoms with Crippen LogP contribution in [0.25, 0.3) is 0 Å². The molecule has 29 heavy (non-hydrogen) atoms. The van der Waals surface area contributed by atoms with Gasteiger partial charge in [0.05, 0.1) is 17.4 Å². The quantitative estimate of drug-likeness (QED) is 0.365. The lowest BCUT2D eigenvalue weighted by Crippen LogP contribution is -2.23. The second-order valence-electron chi connectivity index (χ2n) is 6.30. The van der Waals surface area contributed by atoms with Gasteiger partial charge in [0.1, 0.15) is 5.75 Å². The van der Waals surface area contributed by atoms with E-state index in [2.05, 4.69) is 36.6 Å². The molecule has 0 radical (unpaired) electrons. The molecular weight excluding hydrogens is 474 g/mol. The Hall–Kier alpha value is -2.59. The zero-order valence-electron chi connectivity index (χ0n) is 14.8. The molecule has 1 atom stereocenters. The van der Waals surface area contributed by atoms with E-state index in [0.717, 1.165) is 0 Å². The number of carbonyl (C=O) groups is 2. The van der Waals surface area contributed by atoms with Gasteiger partial charge >= 0.3 is 5.57 Å². The first-order chi connectivity index (χ1) is 13.6. The van der Waals surface area contributed by atoms with E-state index in [1.54, 1.807) is 6.07 Å². The molecule has 2 aromatic carbocycles. The van der Waals surface area contributed by atoms with Gasteiger partial charge in [-0.2, -0.15) is 0 Å². The number of hydrogen-bond acceptors (Lipinski definition) is 5. The Balaban J connectivity index is 1.68. The molecule has 0 spiro atoms. The third-order valence-electron chi connectivity index (χ3n) is 4.05. The second-order valence-corrected chi connectivity index (χ2v) is 7.59. The van der Waals surface area contributed by atoms with Gasteiger partial charge in [-0.1, -0.05) is 0 Å². The summed E-state index contributed by atoms with van der Waals surface area (Å²) in [4.78, 5) is 23.8. The van der Waals surface area contributed by atoms with E-state index in [1.807, 2.05) is 0 Å². The van der Waals surface area contributed by atoms with Crippen LogP contribution < -0.4 is 26.4 Å². The Labute approximate surface area is 178 Å². The number of alkyl halides is 3. The summed E-state index contributed by atoms with van der Waals surface area (Å²) in [6.45, 7) is 0.488. The molecule has 0 unspecified atom stereocenters. The van der Waals surface area contributed by atoms with Crippen LogP contribution in [0.3, 0.4) is 0 Å². The van der Waals surface area contributed by atoms with Gasteiger partial charge in [-0.15, -0.1) is 8.78 Å². The first kappa shape index (κ1) is 21.1. The average Bonchev–Trinajstić information content (AvgIpc) is 3.03. The molecule has 1 aliphatic rings. The first-order valence-corrected chi connectivity index (χ1v) is 9.57. The summed E-state index contributed by atoms with van der Waals surface area (Å²) < 4.78 is 30.0. The maximum absolute atomic E-state index is 12.6. The van der Waals surface area contributed by atoms with Crippen LogP contribution in [0.1, 0.15) is 16.8 Å². The molecule has 5 N–H and O–H groups in total. The fourth-order valence-corrected chi connectivity index (χ4v) is 3.44. The van der Waals surface area contributed by atoms with Crippen LogP contribution in [0.2, 0.25) is 0 Å². The van der Waals surface area contributed by atoms with Crippen LogP contribution in [0.4, 0.5) is 25.8 Å². The molecule has 2 amide bonds. The van der Waals surface area contributed by atoms with Crippen LogP contribution in [0.5, 0.6) is 5.75 Å². The number of rotatable bonds is 6. The Morgan fingerprint density at radius 3 is 2.55 bits per heavy atom. The molecule has 11 heteroatoms. The molecule has 0 bridgehead atoms. The number of nitrogens with one attached hydrogen (secondary N) is 3. The van der Waals surface area contributed by atoms with Crippen LogP contribution in [-0.4, -0.2) is 30.0 Å². The summed E-state index contributed by atoms with van der Waals surface area (Å²) >= 11 is 8.09. The Bertz CT molecular complexity index is 915. The van der Waals surface area contributed by atoms with Crippen molar-refractivity contribution in [2.24, 2.45) is 0 Å². The molecule has 1 saturated heterocycles. The Kier molecular flexibility index (Phi) is 6.13. The van der Waals surface area contributed by atoms with E-state index in [9.17, 15) is 18.4 Å². The van der Waals surface area contributed by atoms with Crippen molar-refractivity contribution in [3.63, 3.8) is 0 Å². The van der Waals surface area contributed by atoms with Gasteiger partial charge in [-0.3, -0.25) is 9.59 Å². The second kappa shape index (κ2) is 8.42. The fraction of sp³-hybridized carbons (Fsp3) is 0.222. The molecule has 1 fully saturated rings. The van der Waals surface area contributed by atoms with Crippen molar-refractivity contribution >= 4 is 56.4 Å². The van der Waals surface area contributed by atoms with Crippen molar-refractivity contribution in [3.8, 4) is 5.75 Å². The third-order valence-corrected chi connectivity index (χ3v) is 4.76. The number of carbonyl (C=O) groups excluding carboxylic acids is 2. The minimum Gasteiger partial charge on any atom is -0.420 e. The van der Waals surface area contributed by atoms with Crippen molar-refractivity contribution < 1.29 is 23.1 Å². The predicted octanol–water partition coefficient (Wildman–Crippen LogP) is 3.75. The summed E-state index contributed by atoms with van der Waals surface area (Å²) in [5.41, 5.74) is 3.83. The SMILES string of the molecule is Nc1cc(C(=O)Nc2ccc(OC(F)(F)Cl)cc2)cc(Br)c1N[C@@H]1CNC(=O)C1. The van der Waals surface area contributed by atoms with Gasteiger partial charge in [0.15, 0.2) is 0 Å². The highest BCUT2D eigenvalue weighted by atomic mass is 79.9. The maximum atomic E-state index is 12.6. The molecule has 0 aromatic heterocycles. The van der Waals surface area contributed by atoms with Crippen molar-refractivity contribution in [2.45, 2.75) is 18.0 Å². The molecular formula is C18H16BrClF2N4O3. The Morgan fingerprint density at radius 2 is 2.00 bits per heavy atom. The van der Waals surface area contributed by atoms with E-state index in [0.29, 0.717) is 34.5 Å². The maximum Gasteiger partial charge on any atom is 0.487 e. The van der Waals surface area contributed by atoms with Crippen LogP contribution >= 0.6 is 27.5 Å². The Morgan fingerprint density at radius 1 is 1.31 bits per heavy atom. The minimum absolute atomic E-state index is 0.0422. The summed E-state index contributed by atoms with van der Waals surface area (Å²) in [5, 5.41) is 8.53. The van der Waals surface area contributed by atoms with Gasteiger partial charge in [-0.25, -0.2) is 0 Å². The summed E-state index contributed by atoms with van der Waals surface area (Å²) in [6.07, 6.45) is 0.337. The molecule has 0 aliphatic carbocycles. The van der Waals surface area contributed by atoms with Crippen molar-refractivity contribution in [1.29, 1.82) is 0 Å². The smallest absolute Gasteiger partial charge is 0.420 e. The standard InChI is InChI=1S/C18H16BrClF2N4O3/c19-13-5-9(6-14(23)16(13)25-11-7-15(27)24-8-11)17(28)26-10-1-3-12(4-2-10)29-18(20,21)22/h1-6,11,25H,7-8,23H2,(H,24,27)(H,26,28)/t11-/m0/s1. The van der Waals surface area contributed by atoms with E-state index < -0.39 is 11.5 Å². The number of halogens is 4. The van der Waals surface area contributed by atoms with Crippen molar-refractivity contribution in [3.05, 3.63) is 46.4 Å². The summed E-state index contributed by atoms with van der Waals surface area (Å²) in [7, 11) is 0. The summed E-state index contributed by atoms with van der Waals surface area (Å²) in [6, 6.07) is 8.28. The van der Waals surface area contributed by atoms with Crippen LogP contribution in [0.15, 0.2) is 40.9 Å². The van der Waals surface area contributed by atoms with Gasteiger partial charge < -0.3 is 26.4 Å². The lowest BCUT2D eigenvalue weighted by molar-refractivity contribution is -0.119. The molecule has 7 nitrogen and oxygen atoms in total. The topological polar surface area (TPSA) is 105 Å². The average molecular weight is 490 g/mol. The number of ether oxygens (including phenoxy) is 1. The fourth-order valence-electron chi connectivity index (χ4n) is 2.77. The van der Waals surface area contributed by atoms with Gasteiger partial charge in [0.2, 0.25) is 5.91 Å². The molecule has 1 heterocycles. The third kappa shape index (κ3) is 5.70. The number of benzene rings is 2. The van der Waals surface area contributed by atoms with Gasteiger partial charge in [-0.05, 0) is 52.3 Å². The number of nitrogens with two attached hydrogens (primary N) is 1.